The summed E-state index contributed by atoms with van der Waals surface area (Å²) in [6.07, 6.45) is 0.955. The first-order chi connectivity index (χ1) is 16.0. The third-order valence-electron chi connectivity index (χ3n) is 5.56. The molecule has 2 aromatic carbocycles. The third kappa shape index (κ3) is 4.79. The molecule has 10 nitrogen and oxygen atoms in total. The predicted molar refractivity (Wildman–Crippen MR) is 125 cm³/mol. The number of hydrogen-bond acceptors (Lipinski definition) is 9. The molecule has 1 atom stereocenters. The van der Waals surface area contributed by atoms with Crippen molar-refractivity contribution in [2.24, 2.45) is 0 Å². The van der Waals surface area contributed by atoms with E-state index in [0.29, 0.717) is 23.3 Å². The molecule has 1 unspecified atom stereocenters. The summed E-state index contributed by atoms with van der Waals surface area (Å²) in [5, 5.41) is 7.63. The minimum absolute atomic E-state index is 0.250. The highest BCUT2D eigenvalue weighted by Crippen LogP contribution is 2.40. The second-order valence-corrected chi connectivity index (χ2v) is 7.25. The monoisotopic (exact) mass is 456 g/mol. The summed E-state index contributed by atoms with van der Waals surface area (Å²) in [5.41, 5.74) is 8.10. The van der Waals surface area contributed by atoms with Crippen molar-refractivity contribution in [2.45, 2.75) is 12.3 Å². The van der Waals surface area contributed by atoms with Gasteiger partial charge >= 0.3 is 0 Å². The summed E-state index contributed by atoms with van der Waals surface area (Å²) in [7, 11) is 6.51. The number of carbonyl (C=O) groups is 1. The molecule has 0 bridgehead atoms. The first-order valence-electron chi connectivity index (χ1n) is 10.2. The maximum Gasteiger partial charge on any atom is 0.290 e. The molecule has 0 amide bonds. The fourth-order valence-electron chi connectivity index (χ4n) is 4.04. The maximum atomic E-state index is 8.36. The Bertz CT molecular complexity index is 1120. The molecule has 0 saturated carbocycles. The van der Waals surface area contributed by atoms with Crippen LogP contribution in [0.15, 0.2) is 30.3 Å². The van der Waals surface area contributed by atoms with Gasteiger partial charge < -0.3 is 34.7 Å². The summed E-state index contributed by atoms with van der Waals surface area (Å²) >= 11 is 0. The van der Waals surface area contributed by atoms with E-state index in [-0.39, 0.29) is 12.4 Å². The highest BCUT2D eigenvalue weighted by atomic mass is 16.5. The van der Waals surface area contributed by atoms with Crippen molar-refractivity contribution in [2.75, 3.05) is 52.2 Å². The van der Waals surface area contributed by atoms with E-state index in [4.69, 9.17) is 39.6 Å². The first-order valence-corrected chi connectivity index (χ1v) is 10.2. The lowest BCUT2D eigenvalue weighted by Gasteiger charge is -2.20. The number of benzene rings is 2. The number of fused-ring (bicyclic) bond motifs is 1. The zero-order valence-electron chi connectivity index (χ0n) is 19.1. The molecular formula is C23H28N4O6. The predicted octanol–water partition coefficient (Wildman–Crippen LogP) is 2.94. The lowest BCUT2D eigenvalue weighted by Crippen LogP contribution is -2.22. The molecule has 3 aromatic rings. The Morgan fingerprint density at radius 1 is 1.03 bits per heavy atom. The van der Waals surface area contributed by atoms with Crippen LogP contribution in [0, 0.1) is 0 Å². The van der Waals surface area contributed by atoms with Crippen LogP contribution in [0.25, 0.3) is 10.9 Å². The minimum atomic E-state index is -0.250. The molecule has 0 aliphatic carbocycles. The molecule has 4 rings (SSSR count). The lowest BCUT2D eigenvalue weighted by molar-refractivity contribution is -0.122. The van der Waals surface area contributed by atoms with Gasteiger partial charge in [-0.2, -0.15) is 4.98 Å². The van der Waals surface area contributed by atoms with Crippen LogP contribution in [-0.4, -0.2) is 63.1 Å². The van der Waals surface area contributed by atoms with E-state index < -0.39 is 0 Å². The van der Waals surface area contributed by atoms with Gasteiger partial charge in [-0.3, -0.25) is 4.79 Å². The van der Waals surface area contributed by atoms with Gasteiger partial charge in [0.2, 0.25) is 5.95 Å². The number of nitrogens with two attached hydrogens (primary N) is 1. The van der Waals surface area contributed by atoms with Crippen molar-refractivity contribution < 1.29 is 28.8 Å². The number of hydrogen-bond donors (Lipinski definition) is 2. The summed E-state index contributed by atoms with van der Waals surface area (Å²) in [6, 6.07) is 9.62. The summed E-state index contributed by atoms with van der Waals surface area (Å²) in [5.74, 6) is 4.02. The Balaban J connectivity index is 0.000000968. The molecule has 33 heavy (non-hydrogen) atoms. The zero-order valence-corrected chi connectivity index (χ0v) is 19.1. The van der Waals surface area contributed by atoms with Crippen LogP contribution in [-0.2, 0) is 4.79 Å². The Hall–Kier alpha value is -3.95. The number of aromatic nitrogens is 2. The topological polar surface area (TPSA) is 129 Å². The molecule has 3 N–H and O–H groups in total. The van der Waals surface area contributed by atoms with Gasteiger partial charge in [0.15, 0.2) is 23.0 Å². The average molecular weight is 456 g/mol. The molecule has 1 fully saturated rings. The van der Waals surface area contributed by atoms with E-state index in [2.05, 4.69) is 16.0 Å². The normalized spacial score (nSPS) is 14.9. The maximum absolute atomic E-state index is 8.36. The van der Waals surface area contributed by atoms with E-state index in [1.54, 1.807) is 34.5 Å². The Kier molecular flexibility index (Phi) is 7.60. The van der Waals surface area contributed by atoms with Crippen LogP contribution in [0.1, 0.15) is 17.9 Å². The van der Waals surface area contributed by atoms with E-state index in [1.165, 1.54) is 0 Å². The van der Waals surface area contributed by atoms with Crippen molar-refractivity contribution in [1.29, 1.82) is 0 Å². The average Bonchev–Trinajstić information content (AvgIpc) is 3.33. The SMILES string of the molecule is COc1cc2nc(N3CCC(c4cccc(OC)c4OC)C3)nc(N)c2cc1OC.O=CO. The van der Waals surface area contributed by atoms with Crippen molar-refractivity contribution in [3.05, 3.63) is 35.9 Å². The number of carboxylic acid groups (broad SMARTS) is 1. The minimum Gasteiger partial charge on any atom is -0.493 e. The van der Waals surface area contributed by atoms with Gasteiger partial charge in [-0.05, 0) is 18.6 Å². The molecule has 176 valence electrons. The third-order valence-corrected chi connectivity index (χ3v) is 5.56. The molecule has 0 spiro atoms. The second kappa shape index (κ2) is 10.6. The quantitative estimate of drug-likeness (QED) is 0.534. The Labute approximate surface area is 191 Å². The van der Waals surface area contributed by atoms with Crippen molar-refractivity contribution in [3.63, 3.8) is 0 Å². The van der Waals surface area contributed by atoms with E-state index in [0.717, 1.165) is 47.5 Å². The number of nitrogen functional groups attached to an aromatic ring is 1. The summed E-state index contributed by atoms with van der Waals surface area (Å²) < 4.78 is 21.8. The smallest absolute Gasteiger partial charge is 0.290 e. The van der Waals surface area contributed by atoms with Gasteiger partial charge in [0.1, 0.15) is 5.82 Å². The first kappa shape index (κ1) is 23.7. The number of ether oxygens (including phenoxy) is 4. The van der Waals surface area contributed by atoms with E-state index in [9.17, 15) is 0 Å². The number of nitrogens with zero attached hydrogens (tertiary/aromatic N) is 3. The van der Waals surface area contributed by atoms with Gasteiger partial charge in [0.25, 0.3) is 6.47 Å². The second-order valence-electron chi connectivity index (χ2n) is 7.25. The van der Waals surface area contributed by atoms with Crippen LogP contribution in [0.5, 0.6) is 23.0 Å². The van der Waals surface area contributed by atoms with Gasteiger partial charge in [-0.25, -0.2) is 4.98 Å². The number of methoxy groups -OCH3 is 4. The number of anilines is 2. The highest BCUT2D eigenvalue weighted by molar-refractivity contribution is 5.91. The van der Waals surface area contributed by atoms with E-state index in [1.807, 2.05) is 18.2 Å². The fraction of sp³-hybridized carbons (Fsp3) is 0.348. The van der Waals surface area contributed by atoms with Gasteiger partial charge in [-0.15, -0.1) is 0 Å². The fourth-order valence-corrected chi connectivity index (χ4v) is 4.04. The zero-order chi connectivity index (χ0) is 24.0. The number of rotatable bonds is 6. The van der Waals surface area contributed by atoms with E-state index >= 15 is 0 Å². The van der Waals surface area contributed by atoms with Crippen LogP contribution >= 0.6 is 0 Å². The van der Waals surface area contributed by atoms with Crippen molar-refractivity contribution in [1.82, 2.24) is 9.97 Å². The van der Waals surface area contributed by atoms with Crippen molar-refractivity contribution >= 4 is 29.1 Å². The summed E-state index contributed by atoms with van der Waals surface area (Å²) in [4.78, 5) is 19.8. The standard InChI is InChI=1S/C22H26N4O4.CH2O2/c1-27-17-7-5-6-14(20(17)30-4)13-8-9-26(12-13)22-24-16-11-19(29-3)18(28-2)10-15(16)21(23)25-22;2-1-3/h5-7,10-11,13H,8-9,12H2,1-4H3,(H2,23,24,25);1H,(H,2,3). The van der Waals surface area contributed by atoms with Crippen LogP contribution in [0.2, 0.25) is 0 Å². The molecule has 1 aromatic heterocycles. The molecule has 10 heteroatoms. The van der Waals surface area contributed by atoms with Gasteiger partial charge in [-0.1, -0.05) is 12.1 Å². The molecular weight excluding hydrogens is 428 g/mol. The van der Waals surface area contributed by atoms with Crippen molar-refractivity contribution in [3.8, 4) is 23.0 Å². The molecule has 0 radical (unpaired) electrons. The molecule has 1 aliphatic heterocycles. The Morgan fingerprint density at radius 2 is 1.70 bits per heavy atom. The highest BCUT2D eigenvalue weighted by Gasteiger charge is 2.29. The lowest BCUT2D eigenvalue weighted by atomic mass is 9.97. The molecule has 1 saturated heterocycles. The Morgan fingerprint density at radius 3 is 2.33 bits per heavy atom. The van der Waals surface area contributed by atoms with Crippen LogP contribution in [0.4, 0.5) is 11.8 Å². The number of para-hydroxylation sites is 1. The van der Waals surface area contributed by atoms with Gasteiger partial charge in [0, 0.05) is 36.0 Å². The largest absolute Gasteiger partial charge is 0.493 e. The molecule has 1 aliphatic rings. The summed E-state index contributed by atoms with van der Waals surface area (Å²) in [6.45, 7) is 1.34. The van der Waals surface area contributed by atoms with Crippen LogP contribution in [0.3, 0.4) is 0 Å². The molecule has 2 heterocycles. The van der Waals surface area contributed by atoms with Gasteiger partial charge in [0.05, 0.1) is 34.0 Å². The van der Waals surface area contributed by atoms with Crippen LogP contribution < -0.4 is 29.6 Å².